The van der Waals surface area contributed by atoms with Crippen molar-refractivity contribution in [3.05, 3.63) is 54.0 Å². The predicted octanol–water partition coefficient (Wildman–Crippen LogP) is 4.04. The van der Waals surface area contributed by atoms with Crippen LogP contribution in [-0.4, -0.2) is 66.2 Å². The number of ether oxygens (including phenoxy) is 3. The fourth-order valence-electron chi connectivity index (χ4n) is 4.27. The van der Waals surface area contributed by atoms with Crippen molar-refractivity contribution in [3.8, 4) is 17.4 Å². The number of aromatic nitrogens is 4. The number of pyridine rings is 2. The largest absolute Gasteiger partial charge is 0.497 e. The molecule has 1 aliphatic heterocycles. The van der Waals surface area contributed by atoms with Gasteiger partial charge >= 0.3 is 6.03 Å². The van der Waals surface area contributed by atoms with Gasteiger partial charge in [-0.25, -0.2) is 24.3 Å². The summed E-state index contributed by atoms with van der Waals surface area (Å²) in [6.07, 6.45) is 3.30. The van der Waals surface area contributed by atoms with E-state index in [0.717, 1.165) is 28.3 Å². The number of anilines is 3. The molecule has 4 aromatic rings. The van der Waals surface area contributed by atoms with Crippen molar-refractivity contribution in [2.75, 3.05) is 50.9 Å². The van der Waals surface area contributed by atoms with Gasteiger partial charge in [0.1, 0.15) is 34.8 Å². The van der Waals surface area contributed by atoms with Gasteiger partial charge in [0.25, 0.3) is 0 Å². The van der Waals surface area contributed by atoms with Crippen LogP contribution in [0.3, 0.4) is 0 Å². The van der Waals surface area contributed by atoms with E-state index in [1.165, 1.54) is 10.9 Å². The summed E-state index contributed by atoms with van der Waals surface area (Å²) in [5.41, 5.74) is 4.51. The third-order valence-corrected chi connectivity index (χ3v) is 7.20. The molecule has 1 aromatic carbocycles. The number of amides is 1. The summed E-state index contributed by atoms with van der Waals surface area (Å²) in [7, 11) is 6.79. The Bertz CT molecular complexity index is 1480. The molecule has 0 fully saturated rings. The van der Waals surface area contributed by atoms with Crippen molar-refractivity contribution in [3.63, 3.8) is 0 Å². The fraction of sp³-hybridized carbons (Fsp3) is 0.308. The number of imidazole rings is 1. The molecule has 0 radical (unpaired) electrons. The average Bonchev–Trinajstić information content (AvgIpc) is 3.36. The Balaban J connectivity index is 1.60. The number of fused-ring (bicyclic) bond motifs is 3. The van der Waals surface area contributed by atoms with Gasteiger partial charge < -0.3 is 29.7 Å². The Morgan fingerprint density at radius 1 is 1.11 bits per heavy atom. The maximum atomic E-state index is 13.0. The number of carbonyl (C=O) groups excluding carboxylic acids is 1. The van der Waals surface area contributed by atoms with Crippen molar-refractivity contribution in [1.82, 2.24) is 24.8 Å². The lowest BCUT2D eigenvalue weighted by Gasteiger charge is -2.22. The highest BCUT2D eigenvalue weighted by atomic mass is 32.2. The first-order chi connectivity index (χ1) is 18.5. The van der Waals surface area contributed by atoms with Crippen LogP contribution in [0.5, 0.6) is 17.4 Å². The minimum absolute atomic E-state index is 0.280. The Hall–Kier alpha value is -4.19. The SMILES string of the molecule is COc1ccc(CN(C)c2cc3nc4c2ncn4C(=O)NCCSCc2cnc(OC)c(c2)N3)c(OC)c1. The molecule has 0 spiro atoms. The van der Waals surface area contributed by atoms with Gasteiger partial charge in [0.15, 0.2) is 5.65 Å². The molecule has 5 rings (SSSR count). The minimum Gasteiger partial charge on any atom is -0.497 e. The average molecular weight is 536 g/mol. The summed E-state index contributed by atoms with van der Waals surface area (Å²) < 4.78 is 17.9. The molecule has 38 heavy (non-hydrogen) atoms. The molecule has 0 saturated heterocycles. The molecule has 2 N–H and O–H groups in total. The third-order valence-electron chi connectivity index (χ3n) is 6.17. The smallest absolute Gasteiger partial charge is 0.328 e. The van der Waals surface area contributed by atoms with Crippen LogP contribution in [0.15, 0.2) is 42.9 Å². The van der Waals surface area contributed by atoms with Gasteiger partial charge in [0.05, 0.1) is 27.0 Å². The van der Waals surface area contributed by atoms with Crippen LogP contribution < -0.4 is 29.7 Å². The van der Waals surface area contributed by atoms with Gasteiger partial charge in [-0.1, -0.05) is 0 Å². The van der Waals surface area contributed by atoms with E-state index >= 15 is 0 Å². The van der Waals surface area contributed by atoms with E-state index in [2.05, 4.69) is 20.6 Å². The van der Waals surface area contributed by atoms with Crippen molar-refractivity contribution >= 4 is 46.1 Å². The van der Waals surface area contributed by atoms with Gasteiger partial charge in [-0.05, 0) is 23.8 Å². The first kappa shape index (κ1) is 25.5. The molecule has 12 heteroatoms. The summed E-state index contributed by atoms with van der Waals surface area (Å²) in [6.45, 7) is 1.03. The fourth-order valence-corrected chi connectivity index (χ4v) is 5.05. The highest BCUT2D eigenvalue weighted by Gasteiger charge is 2.20. The van der Waals surface area contributed by atoms with Crippen molar-refractivity contribution in [2.45, 2.75) is 12.3 Å². The lowest BCUT2D eigenvalue weighted by atomic mass is 10.1. The molecule has 11 nitrogen and oxygen atoms in total. The van der Waals surface area contributed by atoms with Crippen LogP contribution in [0.25, 0.3) is 11.2 Å². The standard InChI is InChI=1S/C26H29N7O4S/c1-32(13-17-5-6-18(35-2)10-21(17)36-3)20-11-22-30-19-9-16(12-28-25(19)37-4)14-38-8-7-27-26(34)33-15-29-23(20)24(33)31-22/h5-6,9-12,15H,7-8,13-14H2,1-4H3,(H,27,34)(H,30,31). The van der Waals surface area contributed by atoms with E-state index in [4.69, 9.17) is 19.2 Å². The predicted molar refractivity (Wildman–Crippen MR) is 148 cm³/mol. The number of benzene rings is 1. The molecule has 0 unspecified atom stereocenters. The van der Waals surface area contributed by atoms with Crippen LogP contribution in [-0.2, 0) is 12.3 Å². The van der Waals surface area contributed by atoms with Crippen LogP contribution >= 0.6 is 11.8 Å². The van der Waals surface area contributed by atoms with Crippen molar-refractivity contribution in [1.29, 1.82) is 0 Å². The number of nitrogens with one attached hydrogen (secondary N) is 2. The molecular formula is C26H29N7O4S. The Kier molecular flexibility index (Phi) is 7.40. The monoisotopic (exact) mass is 535 g/mol. The van der Waals surface area contributed by atoms with E-state index in [-0.39, 0.29) is 6.03 Å². The summed E-state index contributed by atoms with van der Waals surface area (Å²) in [5.74, 6) is 3.91. The zero-order valence-corrected chi connectivity index (χ0v) is 22.5. The molecule has 0 aliphatic carbocycles. The minimum atomic E-state index is -0.280. The highest BCUT2D eigenvalue weighted by molar-refractivity contribution is 7.98. The molecule has 4 bridgehead atoms. The number of rotatable bonds is 6. The summed E-state index contributed by atoms with van der Waals surface area (Å²) in [4.78, 5) is 28.9. The van der Waals surface area contributed by atoms with E-state index in [0.29, 0.717) is 53.1 Å². The van der Waals surface area contributed by atoms with E-state index < -0.39 is 0 Å². The molecule has 1 aliphatic rings. The number of carbonyl (C=O) groups is 1. The normalized spacial score (nSPS) is 13.4. The molecule has 0 saturated carbocycles. The van der Waals surface area contributed by atoms with Gasteiger partial charge in [-0.15, -0.1) is 0 Å². The van der Waals surface area contributed by atoms with E-state index in [1.807, 2.05) is 42.3 Å². The Morgan fingerprint density at radius 2 is 1.97 bits per heavy atom. The zero-order chi connectivity index (χ0) is 26.6. The molecule has 198 valence electrons. The van der Waals surface area contributed by atoms with Crippen molar-refractivity contribution in [2.24, 2.45) is 0 Å². The number of thioether (sulfide) groups is 1. The first-order valence-corrected chi connectivity index (χ1v) is 13.1. The van der Waals surface area contributed by atoms with Gasteiger partial charge in [-0.3, -0.25) is 0 Å². The van der Waals surface area contributed by atoms with E-state index in [9.17, 15) is 4.79 Å². The Labute approximate surface area is 224 Å². The Morgan fingerprint density at radius 3 is 2.76 bits per heavy atom. The molecule has 4 heterocycles. The molecule has 1 amide bonds. The number of hydrogen-bond acceptors (Lipinski definition) is 10. The highest BCUT2D eigenvalue weighted by Crippen LogP contribution is 2.34. The van der Waals surface area contributed by atoms with Crippen molar-refractivity contribution < 1.29 is 19.0 Å². The number of nitrogens with zero attached hydrogens (tertiary/aromatic N) is 5. The van der Waals surface area contributed by atoms with Gasteiger partial charge in [0.2, 0.25) is 5.88 Å². The van der Waals surface area contributed by atoms with Gasteiger partial charge in [-0.2, -0.15) is 11.8 Å². The molecule has 0 atom stereocenters. The van der Waals surface area contributed by atoms with Crippen LogP contribution in [0.1, 0.15) is 11.1 Å². The molecule has 3 aromatic heterocycles. The lowest BCUT2D eigenvalue weighted by molar-refractivity contribution is 0.243. The number of hydrogen-bond donors (Lipinski definition) is 2. The second-order valence-corrected chi connectivity index (χ2v) is 9.76. The summed E-state index contributed by atoms with van der Waals surface area (Å²) in [6, 6.07) is 9.35. The summed E-state index contributed by atoms with van der Waals surface area (Å²) >= 11 is 1.71. The second kappa shape index (κ2) is 11.1. The topological polar surface area (TPSA) is 116 Å². The second-order valence-electron chi connectivity index (χ2n) is 8.66. The maximum Gasteiger partial charge on any atom is 0.328 e. The quantitative estimate of drug-likeness (QED) is 0.375. The van der Waals surface area contributed by atoms with Crippen LogP contribution in [0, 0.1) is 0 Å². The van der Waals surface area contributed by atoms with Crippen LogP contribution in [0.2, 0.25) is 0 Å². The van der Waals surface area contributed by atoms with E-state index in [1.54, 1.807) is 39.3 Å². The van der Waals surface area contributed by atoms with Crippen LogP contribution in [0.4, 0.5) is 22.0 Å². The number of methoxy groups -OCH3 is 3. The first-order valence-electron chi connectivity index (χ1n) is 12.0. The summed E-state index contributed by atoms with van der Waals surface area (Å²) in [5, 5.41) is 6.31. The maximum absolute atomic E-state index is 13.0. The molecular weight excluding hydrogens is 506 g/mol. The van der Waals surface area contributed by atoms with Gasteiger partial charge in [0, 0.05) is 55.5 Å². The zero-order valence-electron chi connectivity index (χ0n) is 21.6. The third kappa shape index (κ3) is 5.12. The lowest BCUT2D eigenvalue weighted by Crippen LogP contribution is -2.30.